The van der Waals surface area contributed by atoms with Crippen LogP contribution in [0.2, 0.25) is 5.02 Å². The van der Waals surface area contributed by atoms with E-state index < -0.39 is 7.14 Å². The van der Waals surface area contributed by atoms with Crippen LogP contribution in [0.25, 0.3) is 0 Å². The van der Waals surface area contributed by atoms with Gasteiger partial charge in [0, 0.05) is 25.0 Å². The number of hydrogen-bond acceptors (Lipinski definition) is 8. The molecule has 42 heavy (non-hydrogen) atoms. The zero-order chi connectivity index (χ0) is 30.3. The van der Waals surface area contributed by atoms with Crippen molar-refractivity contribution in [2.24, 2.45) is 0 Å². The molecule has 11 heteroatoms. The van der Waals surface area contributed by atoms with Gasteiger partial charge in [0.25, 0.3) is 0 Å². The summed E-state index contributed by atoms with van der Waals surface area (Å²) in [5, 5.41) is 7.57. The summed E-state index contributed by atoms with van der Waals surface area (Å²) in [5.41, 5.74) is 3.76. The van der Waals surface area contributed by atoms with Crippen LogP contribution in [0.5, 0.6) is 5.75 Å². The maximum Gasteiger partial charge on any atom is 0.229 e. The van der Waals surface area contributed by atoms with Gasteiger partial charge in [0.2, 0.25) is 11.9 Å². The van der Waals surface area contributed by atoms with Gasteiger partial charge in [-0.05, 0) is 80.8 Å². The van der Waals surface area contributed by atoms with Crippen molar-refractivity contribution in [2.75, 3.05) is 57.4 Å². The van der Waals surface area contributed by atoms with E-state index in [1.807, 2.05) is 35.2 Å². The van der Waals surface area contributed by atoms with E-state index in [4.69, 9.17) is 21.1 Å². The van der Waals surface area contributed by atoms with Crippen molar-refractivity contribution >= 4 is 53.1 Å². The molecule has 0 unspecified atom stereocenters. The summed E-state index contributed by atoms with van der Waals surface area (Å²) < 4.78 is 24.1. The van der Waals surface area contributed by atoms with E-state index in [2.05, 4.69) is 40.5 Å². The van der Waals surface area contributed by atoms with Crippen molar-refractivity contribution in [3.05, 3.63) is 58.7 Å². The molecule has 0 bridgehead atoms. The van der Waals surface area contributed by atoms with Crippen molar-refractivity contribution < 1.29 is 18.8 Å². The van der Waals surface area contributed by atoms with Crippen LogP contribution in [0.4, 0.5) is 23.1 Å². The lowest BCUT2D eigenvalue weighted by Gasteiger charge is -2.33. The van der Waals surface area contributed by atoms with Crippen LogP contribution >= 0.6 is 18.7 Å². The van der Waals surface area contributed by atoms with Crippen LogP contribution in [0.15, 0.2) is 42.6 Å². The number of hydrogen-bond donors (Lipinski definition) is 2. The second kappa shape index (κ2) is 14.4. The van der Waals surface area contributed by atoms with Crippen molar-refractivity contribution in [1.29, 1.82) is 0 Å². The molecule has 0 aliphatic carbocycles. The van der Waals surface area contributed by atoms with Gasteiger partial charge < -0.3 is 29.6 Å². The number of rotatable bonds is 12. The molecule has 226 valence electrons. The SMILES string of the molecule is CCCOCCC(=O)N1CCC(c2cc(OC)c(Nc3ncc(Cl)c(Nc4ccccc4P(C)(C)=O)n3)cc2C)CC1. The molecule has 1 aliphatic heterocycles. The molecule has 2 N–H and O–H groups in total. The number of nitrogens with one attached hydrogen (secondary N) is 2. The summed E-state index contributed by atoms with van der Waals surface area (Å²) in [7, 11) is -0.888. The third-order valence-electron chi connectivity index (χ3n) is 7.41. The van der Waals surface area contributed by atoms with Crippen LogP contribution in [-0.2, 0) is 14.1 Å². The Balaban J connectivity index is 1.46. The van der Waals surface area contributed by atoms with Gasteiger partial charge >= 0.3 is 0 Å². The van der Waals surface area contributed by atoms with Crippen LogP contribution in [0, 0.1) is 6.92 Å². The van der Waals surface area contributed by atoms with Crippen molar-refractivity contribution in [2.45, 2.75) is 45.4 Å². The van der Waals surface area contributed by atoms with Gasteiger partial charge in [-0.15, -0.1) is 0 Å². The number of halogens is 1. The molecule has 9 nitrogen and oxygen atoms in total. The highest BCUT2D eigenvalue weighted by Gasteiger charge is 2.26. The van der Waals surface area contributed by atoms with Gasteiger partial charge in [0.15, 0.2) is 5.82 Å². The summed E-state index contributed by atoms with van der Waals surface area (Å²) in [4.78, 5) is 23.5. The lowest BCUT2D eigenvalue weighted by Crippen LogP contribution is -2.38. The number of amides is 1. The number of likely N-dealkylation sites (tertiary alicyclic amines) is 1. The summed E-state index contributed by atoms with van der Waals surface area (Å²) in [5.74, 6) is 1.93. The van der Waals surface area contributed by atoms with Gasteiger partial charge in [0.05, 0.1) is 37.7 Å². The molecule has 4 rings (SSSR count). The first-order chi connectivity index (χ1) is 20.1. The average molecular weight is 614 g/mol. The van der Waals surface area contributed by atoms with Gasteiger partial charge in [-0.3, -0.25) is 4.79 Å². The largest absolute Gasteiger partial charge is 0.495 e. The Kier molecular flexibility index (Phi) is 10.9. The van der Waals surface area contributed by atoms with Crippen molar-refractivity contribution in [3.8, 4) is 5.75 Å². The van der Waals surface area contributed by atoms with E-state index in [1.54, 1.807) is 20.4 Å². The Morgan fingerprint density at radius 1 is 1.12 bits per heavy atom. The number of piperidine rings is 1. The molecule has 0 spiro atoms. The fraction of sp³-hybridized carbons (Fsp3) is 0.452. The number of carbonyl (C=O) groups excluding carboxylic acids is 1. The first-order valence-electron chi connectivity index (χ1n) is 14.4. The Morgan fingerprint density at radius 2 is 1.86 bits per heavy atom. The summed E-state index contributed by atoms with van der Waals surface area (Å²) in [6, 6.07) is 11.5. The fourth-order valence-corrected chi connectivity index (χ4v) is 6.52. The number of carbonyl (C=O) groups is 1. The molecule has 1 aromatic heterocycles. The van der Waals surface area contributed by atoms with Gasteiger partial charge in [-0.1, -0.05) is 30.7 Å². The number of methoxy groups -OCH3 is 1. The van der Waals surface area contributed by atoms with E-state index in [0.29, 0.717) is 53.8 Å². The van der Waals surface area contributed by atoms with E-state index in [9.17, 15) is 9.36 Å². The number of ether oxygens (including phenoxy) is 2. The second-order valence-electron chi connectivity index (χ2n) is 10.9. The number of benzene rings is 2. The highest BCUT2D eigenvalue weighted by molar-refractivity contribution is 7.70. The van der Waals surface area contributed by atoms with Gasteiger partial charge in [-0.25, -0.2) is 4.98 Å². The topological polar surface area (TPSA) is 106 Å². The minimum Gasteiger partial charge on any atom is -0.495 e. The molecular weight excluding hydrogens is 573 g/mol. The van der Waals surface area contributed by atoms with Crippen LogP contribution < -0.4 is 20.7 Å². The Labute approximate surface area is 253 Å². The molecule has 1 saturated heterocycles. The summed E-state index contributed by atoms with van der Waals surface area (Å²) in [6.45, 7) is 10.3. The van der Waals surface area contributed by atoms with Crippen molar-refractivity contribution in [1.82, 2.24) is 14.9 Å². The normalized spacial score (nSPS) is 14.1. The molecule has 2 heterocycles. The minimum absolute atomic E-state index is 0.164. The highest BCUT2D eigenvalue weighted by Crippen LogP contribution is 2.40. The molecular formula is C31H41ClN5O4P. The Morgan fingerprint density at radius 3 is 2.55 bits per heavy atom. The third-order valence-corrected chi connectivity index (χ3v) is 9.24. The predicted octanol–water partition coefficient (Wildman–Crippen LogP) is 6.70. The summed E-state index contributed by atoms with van der Waals surface area (Å²) in [6.07, 6.45) is 4.72. The Bertz CT molecular complexity index is 1440. The third kappa shape index (κ3) is 8.03. The van der Waals surface area contributed by atoms with E-state index in [1.165, 1.54) is 11.8 Å². The standard InChI is InChI=1S/C31H41ClN5O4P/c1-6-16-41-17-13-29(38)37-14-11-22(12-15-37)23-19-27(40-3)26(18-21(23)2)35-31-33-20-24(32)30(36-31)34-25-9-7-8-10-28(25)42(4,5)39/h7-10,18-20,22H,6,11-17H2,1-5H3,(H2,33,34,35,36). The second-order valence-corrected chi connectivity index (χ2v) is 14.5. The summed E-state index contributed by atoms with van der Waals surface area (Å²) >= 11 is 6.43. The van der Waals surface area contributed by atoms with E-state index in [0.717, 1.165) is 48.9 Å². The molecule has 1 amide bonds. The number of aromatic nitrogens is 2. The van der Waals surface area contributed by atoms with Crippen molar-refractivity contribution in [3.63, 3.8) is 0 Å². The van der Waals surface area contributed by atoms with Gasteiger partial charge in [-0.2, -0.15) is 4.98 Å². The zero-order valence-electron chi connectivity index (χ0n) is 25.1. The number of para-hydroxylation sites is 1. The van der Waals surface area contributed by atoms with Crippen LogP contribution in [0.1, 0.15) is 49.7 Å². The van der Waals surface area contributed by atoms with Gasteiger partial charge in [0.1, 0.15) is 17.9 Å². The molecule has 2 aromatic carbocycles. The minimum atomic E-state index is -2.53. The number of anilines is 4. The van der Waals surface area contributed by atoms with E-state index in [-0.39, 0.29) is 5.91 Å². The molecule has 0 atom stereocenters. The first kappa shape index (κ1) is 31.8. The fourth-order valence-electron chi connectivity index (χ4n) is 5.23. The first-order valence-corrected chi connectivity index (χ1v) is 17.3. The quantitative estimate of drug-likeness (QED) is 0.172. The lowest BCUT2D eigenvalue weighted by molar-refractivity contribution is -0.133. The lowest BCUT2D eigenvalue weighted by atomic mass is 9.86. The van der Waals surface area contributed by atoms with E-state index >= 15 is 0 Å². The smallest absolute Gasteiger partial charge is 0.229 e. The van der Waals surface area contributed by atoms with Crippen LogP contribution in [0.3, 0.4) is 0 Å². The zero-order valence-corrected chi connectivity index (χ0v) is 26.7. The maximum absolute atomic E-state index is 12.8. The molecule has 3 aromatic rings. The number of nitrogens with zero attached hydrogens (tertiary/aromatic N) is 3. The maximum atomic E-state index is 12.8. The monoisotopic (exact) mass is 613 g/mol. The Hall–Kier alpha value is -3.13. The molecule has 0 saturated carbocycles. The average Bonchev–Trinajstić information content (AvgIpc) is 2.97. The molecule has 1 aliphatic rings. The molecule has 0 radical (unpaired) electrons. The van der Waals surface area contributed by atoms with Crippen LogP contribution in [-0.4, -0.2) is 67.5 Å². The molecule has 1 fully saturated rings. The predicted molar refractivity (Wildman–Crippen MR) is 171 cm³/mol. The highest BCUT2D eigenvalue weighted by atomic mass is 35.5. The number of aryl methyl sites for hydroxylation is 1.